The fourth-order valence-corrected chi connectivity index (χ4v) is 2.49. The Balaban J connectivity index is 2.51. The molecule has 102 valence electrons. The number of nitrogens with zero attached hydrogens (tertiary/aromatic N) is 3. The van der Waals surface area contributed by atoms with Crippen molar-refractivity contribution in [1.82, 2.24) is 9.55 Å². The molecule has 19 heavy (non-hydrogen) atoms. The van der Waals surface area contributed by atoms with Crippen LogP contribution in [0.2, 0.25) is 0 Å². The van der Waals surface area contributed by atoms with Gasteiger partial charge in [0.1, 0.15) is 24.3 Å². The maximum absolute atomic E-state index is 10.1. The van der Waals surface area contributed by atoms with Crippen molar-refractivity contribution in [2.24, 2.45) is 0 Å². The van der Waals surface area contributed by atoms with Crippen molar-refractivity contribution in [2.45, 2.75) is 13.5 Å². The summed E-state index contributed by atoms with van der Waals surface area (Å²) in [7, 11) is 6.43. The number of hydrogen-bond acceptors (Lipinski definition) is 2. The molecule has 0 aliphatic rings. The number of aromatic nitrogens is 2. The minimum atomic E-state index is 0.284. The minimum absolute atomic E-state index is 0.284. The molecule has 5 heteroatoms. The van der Waals surface area contributed by atoms with E-state index in [-0.39, 0.29) is 5.75 Å². The van der Waals surface area contributed by atoms with E-state index in [0.29, 0.717) is 0 Å². The van der Waals surface area contributed by atoms with Gasteiger partial charge >= 0.3 is 0 Å². The van der Waals surface area contributed by atoms with E-state index in [9.17, 15) is 5.11 Å². The lowest BCUT2D eigenvalue weighted by Gasteiger charge is -2.25. The van der Waals surface area contributed by atoms with Crippen molar-refractivity contribution in [2.75, 3.05) is 21.1 Å². The molecule has 0 fully saturated rings. The molecule has 0 radical (unpaired) electrons. The summed E-state index contributed by atoms with van der Waals surface area (Å²) in [6.07, 6.45) is 1.78. The van der Waals surface area contributed by atoms with Crippen molar-refractivity contribution in [3.05, 3.63) is 39.5 Å². The number of benzene rings is 1. The lowest BCUT2D eigenvalue weighted by atomic mass is 10.2. The van der Waals surface area contributed by atoms with Crippen LogP contribution < -0.4 is 0 Å². The number of imidazole rings is 1. The van der Waals surface area contributed by atoms with Gasteiger partial charge < -0.3 is 9.59 Å². The molecule has 2 aromatic rings. The molecule has 0 bridgehead atoms. The van der Waals surface area contributed by atoms with Crippen LogP contribution in [0.15, 0.2) is 24.5 Å². The van der Waals surface area contributed by atoms with Crippen LogP contribution in [-0.4, -0.2) is 40.3 Å². The first kappa shape index (κ1) is 14.3. The smallest absolute Gasteiger partial charge is 0.140 e. The molecule has 1 heterocycles. The quantitative estimate of drug-likeness (QED) is 0.665. The van der Waals surface area contributed by atoms with Gasteiger partial charge in [-0.25, -0.2) is 4.98 Å². The standard InChI is InChI=1S/C14H18IN3O/c1-10-13(8-18(2,3)4)17(9-16-10)12-6-5-11(15)7-14(12)19/h5-7,9H,8H2,1-4H3/p+1. The molecule has 1 aromatic heterocycles. The molecule has 2 rings (SSSR count). The summed E-state index contributed by atoms with van der Waals surface area (Å²) >= 11 is 2.19. The second kappa shape index (κ2) is 5.13. The maximum atomic E-state index is 10.1. The van der Waals surface area contributed by atoms with Crippen LogP contribution in [0.5, 0.6) is 5.75 Å². The van der Waals surface area contributed by atoms with E-state index >= 15 is 0 Å². The molecule has 1 N–H and O–H groups in total. The van der Waals surface area contributed by atoms with Crippen molar-refractivity contribution >= 4 is 22.6 Å². The first-order chi connectivity index (χ1) is 8.78. The number of phenols is 1. The van der Waals surface area contributed by atoms with Crippen molar-refractivity contribution in [1.29, 1.82) is 0 Å². The second-order valence-electron chi connectivity index (χ2n) is 5.73. The van der Waals surface area contributed by atoms with Gasteiger partial charge in [0.2, 0.25) is 0 Å². The Kier molecular flexibility index (Phi) is 3.87. The van der Waals surface area contributed by atoms with E-state index in [2.05, 4.69) is 48.7 Å². The average Bonchev–Trinajstić information content (AvgIpc) is 2.59. The van der Waals surface area contributed by atoms with Crippen LogP contribution in [0, 0.1) is 10.5 Å². The monoisotopic (exact) mass is 372 g/mol. The SMILES string of the molecule is Cc1ncn(-c2ccc(I)cc2O)c1C[N+](C)(C)C. The van der Waals surface area contributed by atoms with Crippen LogP contribution in [0.3, 0.4) is 0 Å². The van der Waals surface area contributed by atoms with Gasteiger partial charge in [0.05, 0.1) is 32.5 Å². The molecule has 0 aliphatic carbocycles. The van der Waals surface area contributed by atoms with Crippen molar-refractivity contribution in [3.8, 4) is 11.4 Å². The van der Waals surface area contributed by atoms with Gasteiger partial charge in [-0.2, -0.15) is 0 Å². The molecular weight excluding hydrogens is 353 g/mol. The molecular formula is C14H19IN3O+. The first-order valence-corrected chi connectivity index (χ1v) is 7.18. The summed E-state index contributed by atoms with van der Waals surface area (Å²) in [6, 6.07) is 5.68. The molecule has 0 amide bonds. The van der Waals surface area contributed by atoms with E-state index in [1.165, 1.54) is 0 Å². The molecule has 1 aromatic carbocycles. The van der Waals surface area contributed by atoms with Gasteiger partial charge in [0.15, 0.2) is 0 Å². The normalized spacial score (nSPS) is 11.8. The molecule has 0 atom stereocenters. The third-order valence-electron chi connectivity index (χ3n) is 2.90. The zero-order valence-electron chi connectivity index (χ0n) is 11.7. The van der Waals surface area contributed by atoms with E-state index < -0.39 is 0 Å². The third kappa shape index (κ3) is 3.27. The Labute approximate surface area is 127 Å². The van der Waals surface area contributed by atoms with E-state index in [4.69, 9.17) is 0 Å². The summed E-state index contributed by atoms with van der Waals surface area (Å²) in [5.41, 5.74) is 2.92. The van der Waals surface area contributed by atoms with Gasteiger partial charge in [-0.1, -0.05) is 0 Å². The number of hydrogen-bond donors (Lipinski definition) is 1. The number of phenolic OH excluding ortho intramolecular Hbond substituents is 1. The summed E-state index contributed by atoms with van der Waals surface area (Å²) in [4.78, 5) is 4.38. The average molecular weight is 372 g/mol. The van der Waals surface area contributed by atoms with Crippen LogP contribution in [-0.2, 0) is 6.54 Å². The summed E-state index contributed by atoms with van der Waals surface area (Å²) in [5.74, 6) is 0.284. The van der Waals surface area contributed by atoms with E-state index in [1.54, 1.807) is 12.4 Å². The number of aryl methyl sites for hydroxylation is 1. The lowest BCUT2D eigenvalue weighted by molar-refractivity contribution is -0.884. The number of aromatic hydroxyl groups is 1. The zero-order chi connectivity index (χ0) is 14.2. The van der Waals surface area contributed by atoms with Crippen LogP contribution in [0.1, 0.15) is 11.4 Å². The van der Waals surface area contributed by atoms with Gasteiger partial charge in [-0.15, -0.1) is 0 Å². The summed E-state index contributed by atoms with van der Waals surface area (Å²) < 4.78 is 3.81. The molecule has 0 saturated heterocycles. The zero-order valence-corrected chi connectivity index (χ0v) is 13.8. The molecule has 0 aliphatic heterocycles. The Morgan fingerprint density at radius 3 is 2.58 bits per heavy atom. The Hall–Kier alpha value is -1.08. The highest BCUT2D eigenvalue weighted by molar-refractivity contribution is 14.1. The van der Waals surface area contributed by atoms with Gasteiger partial charge in [0.25, 0.3) is 0 Å². The second-order valence-corrected chi connectivity index (χ2v) is 6.97. The first-order valence-electron chi connectivity index (χ1n) is 6.10. The minimum Gasteiger partial charge on any atom is -0.506 e. The molecule has 0 unspecified atom stereocenters. The number of halogens is 1. The predicted molar refractivity (Wildman–Crippen MR) is 84.4 cm³/mol. The van der Waals surface area contributed by atoms with E-state index in [0.717, 1.165) is 31.7 Å². The Morgan fingerprint density at radius 2 is 2.00 bits per heavy atom. The molecule has 0 saturated carbocycles. The highest BCUT2D eigenvalue weighted by Gasteiger charge is 2.18. The molecule has 4 nitrogen and oxygen atoms in total. The largest absolute Gasteiger partial charge is 0.506 e. The fraction of sp³-hybridized carbons (Fsp3) is 0.357. The van der Waals surface area contributed by atoms with Crippen LogP contribution >= 0.6 is 22.6 Å². The lowest BCUT2D eigenvalue weighted by Crippen LogP contribution is -2.34. The topological polar surface area (TPSA) is 38.0 Å². The number of quaternary nitrogens is 1. The fourth-order valence-electron chi connectivity index (χ4n) is 2.01. The third-order valence-corrected chi connectivity index (χ3v) is 3.57. The van der Waals surface area contributed by atoms with Crippen LogP contribution in [0.4, 0.5) is 0 Å². The van der Waals surface area contributed by atoms with Crippen molar-refractivity contribution < 1.29 is 9.59 Å². The molecule has 0 spiro atoms. The van der Waals surface area contributed by atoms with Crippen LogP contribution in [0.25, 0.3) is 5.69 Å². The predicted octanol–water partition coefficient (Wildman–Crippen LogP) is 2.70. The maximum Gasteiger partial charge on any atom is 0.140 e. The number of rotatable bonds is 3. The highest BCUT2D eigenvalue weighted by Crippen LogP contribution is 2.26. The summed E-state index contributed by atoms with van der Waals surface area (Å²) in [5, 5.41) is 10.1. The van der Waals surface area contributed by atoms with Crippen molar-refractivity contribution in [3.63, 3.8) is 0 Å². The van der Waals surface area contributed by atoms with Gasteiger partial charge in [0, 0.05) is 3.57 Å². The summed E-state index contributed by atoms with van der Waals surface area (Å²) in [6.45, 7) is 2.86. The van der Waals surface area contributed by atoms with E-state index in [1.807, 2.05) is 23.6 Å². The van der Waals surface area contributed by atoms with Gasteiger partial charge in [-0.3, -0.25) is 4.57 Å². The van der Waals surface area contributed by atoms with Gasteiger partial charge in [-0.05, 0) is 47.7 Å². The Morgan fingerprint density at radius 1 is 1.32 bits per heavy atom. The highest BCUT2D eigenvalue weighted by atomic mass is 127. The Bertz CT molecular complexity index is 599.